The van der Waals surface area contributed by atoms with E-state index in [1.165, 1.54) is 0 Å². The van der Waals surface area contributed by atoms with E-state index in [0.717, 1.165) is 16.8 Å². The Kier molecular flexibility index (Phi) is 6.60. The van der Waals surface area contributed by atoms with Gasteiger partial charge in [-0.1, -0.05) is 30.3 Å². The zero-order chi connectivity index (χ0) is 20.8. The summed E-state index contributed by atoms with van der Waals surface area (Å²) in [4.78, 5) is 26.8. The molecule has 0 saturated carbocycles. The highest BCUT2D eigenvalue weighted by atomic mass is 16.5. The molecule has 1 aromatic carbocycles. The molecule has 2 aliphatic heterocycles. The van der Waals surface area contributed by atoms with Crippen molar-refractivity contribution in [1.82, 2.24) is 25.3 Å². The number of nitrogens with zero attached hydrogens (tertiary/aromatic N) is 3. The molecular weight excluding hydrogens is 386 g/mol. The summed E-state index contributed by atoms with van der Waals surface area (Å²) in [6.07, 6.45) is 0.707. The molecular formula is C21H27N5O4. The van der Waals surface area contributed by atoms with Crippen molar-refractivity contribution in [2.45, 2.75) is 26.1 Å². The van der Waals surface area contributed by atoms with Gasteiger partial charge in [0.1, 0.15) is 0 Å². The van der Waals surface area contributed by atoms with Crippen LogP contribution < -0.4 is 10.6 Å². The third-order valence-electron chi connectivity index (χ3n) is 5.30. The van der Waals surface area contributed by atoms with E-state index in [4.69, 9.17) is 9.47 Å². The fourth-order valence-corrected chi connectivity index (χ4v) is 3.70. The number of hydrogen-bond donors (Lipinski definition) is 2. The molecule has 30 heavy (non-hydrogen) atoms. The topological polar surface area (TPSA) is 97.7 Å². The van der Waals surface area contributed by atoms with E-state index >= 15 is 0 Å². The van der Waals surface area contributed by atoms with Crippen LogP contribution in [0.1, 0.15) is 27.3 Å². The number of amides is 3. The van der Waals surface area contributed by atoms with Gasteiger partial charge in [-0.15, -0.1) is 0 Å². The molecule has 1 saturated heterocycles. The predicted octanol–water partition coefficient (Wildman–Crippen LogP) is 0.928. The van der Waals surface area contributed by atoms with Crippen molar-refractivity contribution in [2.75, 3.05) is 39.5 Å². The maximum absolute atomic E-state index is 12.9. The second-order valence-corrected chi connectivity index (χ2v) is 7.30. The molecule has 0 bridgehead atoms. The lowest BCUT2D eigenvalue weighted by molar-refractivity contribution is 0.0294. The number of carbonyl (C=O) groups excluding carboxylic acids is 2. The molecule has 3 amide bonds. The molecule has 2 aliphatic rings. The van der Waals surface area contributed by atoms with Gasteiger partial charge in [0.25, 0.3) is 5.91 Å². The van der Waals surface area contributed by atoms with Gasteiger partial charge in [-0.05, 0) is 5.56 Å². The molecule has 1 aromatic heterocycles. The summed E-state index contributed by atoms with van der Waals surface area (Å²) in [5.41, 5.74) is 3.39. The van der Waals surface area contributed by atoms with Crippen molar-refractivity contribution in [3.63, 3.8) is 0 Å². The highest BCUT2D eigenvalue weighted by Gasteiger charge is 2.29. The lowest BCUT2D eigenvalue weighted by Crippen LogP contribution is -2.41. The minimum absolute atomic E-state index is 0.0765. The van der Waals surface area contributed by atoms with E-state index < -0.39 is 0 Å². The number of fused-ring (bicyclic) bond motifs is 1. The van der Waals surface area contributed by atoms with Crippen LogP contribution in [0.4, 0.5) is 4.79 Å². The summed E-state index contributed by atoms with van der Waals surface area (Å²) in [7, 11) is 0. The molecule has 160 valence electrons. The van der Waals surface area contributed by atoms with Crippen LogP contribution in [-0.2, 0) is 35.6 Å². The van der Waals surface area contributed by atoms with Crippen molar-refractivity contribution in [2.24, 2.45) is 0 Å². The number of hydrogen-bond acceptors (Lipinski definition) is 5. The van der Waals surface area contributed by atoms with Crippen LogP contribution in [0.15, 0.2) is 30.3 Å². The second-order valence-electron chi connectivity index (χ2n) is 7.30. The minimum Gasteiger partial charge on any atom is -0.378 e. The van der Waals surface area contributed by atoms with Gasteiger partial charge in [-0.3, -0.25) is 9.48 Å². The number of nitrogens with one attached hydrogen (secondary N) is 2. The minimum atomic E-state index is -0.229. The van der Waals surface area contributed by atoms with Crippen molar-refractivity contribution in [3.05, 3.63) is 52.8 Å². The normalized spacial score (nSPS) is 16.1. The van der Waals surface area contributed by atoms with Gasteiger partial charge in [0.15, 0.2) is 5.69 Å². The van der Waals surface area contributed by atoms with E-state index in [0.29, 0.717) is 71.3 Å². The molecule has 0 spiro atoms. The molecule has 2 aromatic rings. The van der Waals surface area contributed by atoms with E-state index in [1.54, 1.807) is 4.90 Å². The maximum Gasteiger partial charge on any atom is 0.315 e. The van der Waals surface area contributed by atoms with Crippen LogP contribution in [0.25, 0.3) is 0 Å². The number of carbonyl (C=O) groups is 2. The molecule has 4 rings (SSSR count). The average molecular weight is 413 g/mol. The van der Waals surface area contributed by atoms with Crippen molar-refractivity contribution >= 4 is 11.9 Å². The Bertz CT molecular complexity index is 877. The Labute approximate surface area is 175 Å². The summed E-state index contributed by atoms with van der Waals surface area (Å²) in [5, 5.41) is 10.3. The van der Waals surface area contributed by atoms with Gasteiger partial charge >= 0.3 is 6.03 Å². The summed E-state index contributed by atoms with van der Waals surface area (Å²) >= 11 is 0. The van der Waals surface area contributed by atoms with Crippen LogP contribution in [0.3, 0.4) is 0 Å². The molecule has 2 N–H and O–H groups in total. The first-order chi connectivity index (χ1) is 14.7. The standard InChI is InChI=1S/C21H27N5O4/c27-20(25-9-12-29-13-10-25)19-17-15-30-11-6-18(17)26(24-19)8-7-22-21(28)23-14-16-4-2-1-3-5-16/h1-5H,6-15H2,(H2,22,23,28). The fourth-order valence-electron chi connectivity index (χ4n) is 3.70. The zero-order valence-corrected chi connectivity index (χ0v) is 16.9. The zero-order valence-electron chi connectivity index (χ0n) is 16.9. The molecule has 0 radical (unpaired) electrons. The highest BCUT2D eigenvalue weighted by Crippen LogP contribution is 2.22. The smallest absolute Gasteiger partial charge is 0.315 e. The molecule has 9 nitrogen and oxygen atoms in total. The van der Waals surface area contributed by atoms with Gasteiger partial charge in [-0.2, -0.15) is 5.10 Å². The maximum atomic E-state index is 12.9. The monoisotopic (exact) mass is 413 g/mol. The summed E-state index contributed by atoms with van der Waals surface area (Å²) < 4.78 is 12.7. The van der Waals surface area contributed by atoms with E-state index in [2.05, 4.69) is 15.7 Å². The Morgan fingerprint density at radius 1 is 1.03 bits per heavy atom. The molecule has 1 fully saturated rings. The van der Waals surface area contributed by atoms with Crippen LogP contribution >= 0.6 is 0 Å². The van der Waals surface area contributed by atoms with E-state index in [1.807, 2.05) is 35.0 Å². The third kappa shape index (κ3) is 4.80. The van der Waals surface area contributed by atoms with Gasteiger partial charge in [-0.25, -0.2) is 4.79 Å². The van der Waals surface area contributed by atoms with Crippen molar-refractivity contribution < 1.29 is 19.1 Å². The van der Waals surface area contributed by atoms with Gasteiger partial charge in [0.2, 0.25) is 0 Å². The fraction of sp³-hybridized carbons (Fsp3) is 0.476. The molecule has 0 aliphatic carbocycles. The molecule has 0 atom stereocenters. The summed E-state index contributed by atoms with van der Waals surface area (Å²) in [6, 6.07) is 9.52. The first-order valence-electron chi connectivity index (χ1n) is 10.3. The predicted molar refractivity (Wildman–Crippen MR) is 109 cm³/mol. The average Bonchev–Trinajstić information content (AvgIpc) is 3.17. The largest absolute Gasteiger partial charge is 0.378 e. The second kappa shape index (κ2) is 9.73. The van der Waals surface area contributed by atoms with Crippen LogP contribution in [0.2, 0.25) is 0 Å². The first kappa shape index (κ1) is 20.4. The third-order valence-corrected chi connectivity index (χ3v) is 5.30. The number of rotatable bonds is 6. The Morgan fingerprint density at radius 2 is 1.83 bits per heavy atom. The number of urea groups is 1. The Hall–Kier alpha value is -2.91. The van der Waals surface area contributed by atoms with Crippen molar-refractivity contribution in [3.8, 4) is 0 Å². The number of benzene rings is 1. The number of aromatic nitrogens is 2. The lowest BCUT2D eigenvalue weighted by Gasteiger charge is -2.26. The summed E-state index contributed by atoms with van der Waals surface area (Å²) in [5.74, 6) is -0.0765. The van der Waals surface area contributed by atoms with Crippen LogP contribution in [0, 0.1) is 0 Å². The first-order valence-corrected chi connectivity index (χ1v) is 10.3. The van der Waals surface area contributed by atoms with Gasteiger partial charge in [0, 0.05) is 43.9 Å². The van der Waals surface area contributed by atoms with Gasteiger partial charge < -0.3 is 25.0 Å². The van der Waals surface area contributed by atoms with Gasteiger partial charge in [0.05, 0.1) is 33.0 Å². The van der Waals surface area contributed by atoms with Crippen LogP contribution in [0.5, 0.6) is 0 Å². The van der Waals surface area contributed by atoms with E-state index in [9.17, 15) is 9.59 Å². The number of ether oxygens (including phenoxy) is 2. The molecule has 3 heterocycles. The summed E-state index contributed by atoms with van der Waals surface area (Å²) in [6.45, 7) is 4.63. The molecule has 0 unspecified atom stereocenters. The lowest BCUT2D eigenvalue weighted by atomic mass is 10.1. The Balaban J connectivity index is 1.35. The van der Waals surface area contributed by atoms with Crippen LogP contribution in [-0.4, -0.2) is 66.1 Å². The number of morpholine rings is 1. The SMILES string of the molecule is O=C(NCCn1nc(C(=O)N2CCOCC2)c2c1CCOC2)NCc1ccccc1. The molecule has 9 heteroatoms. The highest BCUT2D eigenvalue weighted by molar-refractivity contribution is 5.94. The van der Waals surface area contributed by atoms with Crippen molar-refractivity contribution in [1.29, 1.82) is 0 Å². The Morgan fingerprint density at radius 3 is 2.63 bits per heavy atom. The van der Waals surface area contributed by atoms with E-state index in [-0.39, 0.29) is 11.9 Å². The quantitative estimate of drug-likeness (QED) is 0.734.